The standard InChI is InChI=1S/C11H7Cl2F3O/c12-8-4-7(5-9(13)6-8)10(11(14,15)16)2-1-3-17-10/h1-2,4-6H,3H2. The fraction of sp³-hybridized carbons (Fsp3) is 0.273. The van der Waals surface area contributed by atoms with Crippen LogP contribution in [0.25, 0.3) is 0 Å². The lowest BCUT2D eigenvalue weighted by Gasteiger charge is -2.30. The van der Waals surface area contributed by atoms with Gasteiger partial charge < -0.3 is 4.74 Å². The number of hydrogen-bond acceptors (Lipinski definition) is 1. The Labute approximate surface area is 106 Å². The van der Waals surface area contributed by atoms with Gasteiger partial charge in [0.1, 0.15) is 0 Å². The Balaban J connectivity index is 2.58. The van der Waals surface area contributed by atoms with Crippen LogP contribution in [-0.4, -0.2) is 12.8 Å². The quantitative estimate of drug-likeness (QED) is 0.697. The Bertz CT molecular complexity index is 450. The van der Waals surface area contributed by atoms with E-state index in [0.29, 0.717) is 0 Å². The molecule has 2 rings (SSSR count). The van der Waals surface area contributed by atoms with E-state index in [9.17, 15) is 13.2 Å². The van der Waals surface area contributed by atoms with Gasteiger partial charge in [0.25, 0.3) is 0 Å². The fourth-order valence-electron chi connectivity index (χ4n) is 1.73. The van der Waals surface area contributed by atoms with Crippen molar-refractivity contribution < 1.29 is 17.9 Å². The van der Waals surface area contributed by atoms with E-state index in [1.165, 1.54) is 24.3 Å². The van der Waals surface area contributed by atoms with Gasteiger partial charge in [-0.05, 0) is 29.8 Å². The predicted octanol–water partition coefficient (Wildman–Crippen LogP) is 4.34. The first-order valence-electron chi connectivity index (χ1n) is 4.70. The molecular formula is C11H7Cl2F3O. The second kappa shape index (κ2) is 4.19. The van der Waals surface area contributed by atoms with Crippen LogP contribution in [0.3, 0.4) is 0 Å². The van der Waals surface area contributed by atoms with E-state index >= 15 is 0 Å². The van der Waals surface area contributed by atoms with Crippen molar-refractivity contribution in [2.24, 2.45) is 0 Å². The first-order chi connectivity index (χ1) is 7.85. The van der Waals surface area contributed by atoms with Crippen molar-refractivity contribution >= 4 is 23.2 Å². The minimum absolute atomic E-state index is 0.0936. The molecule has 1 nitrogen and oxygen atoms in total. The summed E-state index contributed by atoms with van der Waals surface area (Å²) in [7, 11) is 0. The average Bonchev–Trinajstić information content (AvgIpc) is 2.64. The van der Waals surface area contributed by atoms with Crippen molar-refractivity contribution in [2.45, 2.75) is 11.8 Å². The molecule has 0 saturated carbocycles. The van der Waals surface area contributed by atoms with Crippen LogP contribution in [0.15, 0.2) is 30.4 Å². The summed E-state index contributed by atoms with van der Waals surface area (Å²) >= 11 is 11.4. The maximum absolute atomic E-state index is 13.1. The lowest BCUT2D eigenvalue weighted by atomic mass is 9.93. The van der Waals surface area contributed by atoms with E-state index in [1.807, 2.05) is 0 Å². The molecule has 0 bridgehead atoms. The van der Waals surface area contributed by atoms with Gasteiger partial charge in [-0.15, -0.1) is 0 Å². The Hall–Kier alpha value is -0.710. The number of rotatable bonds is 1. The van der Waals surface area contributed by atoms with Crippen LogP contribution in [0, 0.1) is 0 Å². The molecule has 0 aromatic heterocycles. The molecule has 1 atom stereocenters. The molecule has 1 aromatic carbocycles. The number of alkyl halides is 3. The normalized spacial score (nSPS) is 24.3. The highest BCUT2D eigenvalue weighted by Crippen LogP contribution is 2.46. The van der Waals surface area contributed by atoms with Crippen LogP contribution in [0.4, 0.5) is 13.2 Å². The molecule has 1 aliphatic heterocycles. The van der Waals surface area contributed by atoms with Crippen molar-refractivity contribution in [3.63, 3.8) is 0 Å². The molecule has 1 heterocycles. The molecule has 17 heavy (non-hydrogen) atoms. The van der Waals surface area contributed by atoms with E-state index in [0.717, 1.165) is 6.08 Å². The van der Waals surface area contributed by atoms with Crippen molar-refractivity contribution in [1.29, 1.82) is 0 Å². The highest BCUT2D eigenvalue weighted by atomic mass is 35.5. The Morgan fingerprint density at radius 1 is 1.12 bits per heavy atom. The van der Waals surface area contributed by atoms with Crippen LogP contribution < -0.4 is 0 Å². The molecule has 6 heteroatoms. The molecular weight excluding hydrogens is 276 g/mol. The molecule has 0 saturated heterocycles. The molecule has 0 amide bonds. The number of ether oxygens (including phenoxy) is 1. The van der Waals surface area contributed by atoms with Crippen molar-refractivity contribution in [2.75, 3.05) is 6.61 Å². The van der Waals surface area contributed by atoms with Crippen LogP contribution in [0.2, 0.25) is 10.0 Å². The van der Waals surface area contributed by atoms with Gasteiger partial charge in [-0.25, -0.2) is 0 Å². The summed E-state index contributed by atoms with van der Waals surface area (Å²) in [5.41, 5.74) is -2.56. The molecule has 92 valence electrons. The van der Waals surface area contributed by atoms with Gasteiger partial charge in [0.15, 0.2) is 0 Å². The molecule has 1 aliphatic rings. The molecule has 0 aliphatic carbocycles. The summed E-state index contributed by atoms with van der Waals surface area (Å²) in [6, 6.07) is 3.78. The first-order valence-corrected chi connectivity index (χ1v) is 5.46. The highest BCUT2D eigenvalue weighted by molar-refractivity contribution is 6.34. The number of benzene rings is 1. The van der Waals surface area contributed by atoms with Gasteiger partial charge in [-0.1, -0.05) is 29.3 Å². The third-order valence-electron chi connectivity index (χ3n) is 2.47. The Kier molecular flexibility index (Phi) is 3.14. The third kappa shape index (κ3) is 2.17. The smallest absolute Gasteiger partial charge is 0.353 e. The lowest BCUT2D eigenvalue weighted by molar-refractivity contribution is -0.254. The minimum Gasteiger partial charge on any atom is -0.353 e. The summed E-state index contributed by atoms with van der Waals surface area (Å²) < 4.78 is 44.2. The van der Waals surface area contributed by atoms with Crippen molar-refractivity contribution in [1.82, 2.24) is 0 Å². The number of halogens is 5. The Morgan fingerprint density at radius 3 is 2.12 bits per heavy atom. The van der Waals surface area contributed by atoms with E-state index in [1.54, 1.807) is 0 Å². The summed E-state index contributed by atoms with van der Waals surface area (Å²) in [4.78, 5) is 0. The fourth-order valence-corrected chi connectivity index (χ4v) is 2.26. The van der Waals surface area contributed by atoms with Crippen LogP contribution >= 0.6 is 23.2 Å². The van der Waals surface area contributed by atoms with Crippen LogP contribution in [-0.2, 0) is 10.3 Å². The minimum atomic E-state index is -4.56. The monoisotopic (exact) mass is 282 g/mol. The largest absolute Gasteiger partial charge is 0.425 e. The number of hydrogen-bond donors (Lipinski definition) is 0. The first kappa shape index (κ1) is 12.7. The van der Waals surface area contributed by atoms with E-state index < -0.39 is 11.8 Å². The summed E-state index contributed by atoms with van der Waals surface area (Å²) in [5, 5.41) is 0.278. The second-order valence-electron chi connectivity index (χ2n) is 3.60. The maximum atomic E-state index is 13.1. The third-order valence-corrected chi connectivity index (χ3v) is 2.91. The van der Waals surface area contributed by atoms with Crippen molar-refractivity contribution in [3.05, 3.63) is 46.0 Å². The molecule has 0 N–H and O–H groups in total. The van der Waals surface area contributed by atoms with Crippen molar-refractivity contribution in [3.8, 4) is 0 Å². The Morgan fingerprint density at radius 2 is 1.71 bits per heavy atom. The predicted molar refractivity (Wildman–Crippen MR) is 59.3 cm³/mol. The van der Waals surface area contributed by atoms with Crippen LogP contribution in [0.1, 0.15) is 5.56 Å². The average molecular weight is 283 g/mol. The van der Waals surface area contributed by atoms with E-state index in [4.69, 9.17) is 27.9 Å². The zero-order chi connectivity index (χ0) is 12.7. The molecule has 1 unspecified atom stereocenters. The lowest BCUT2D eigenvalue weighted by Crippen LogP contribution is -2.41. The molecule has 0 spiro atoms. The topological polar surface area (TPSA) is 9.23 Å². The SMILES string of the molecule is FC(F)(F)C1(c2cc(Cl)cc(Cl)c2)C=CCO1. The van der Waals surface area contributed by atoms with Gasteiger partial charge >= 0.3 is 6.18 Å². The maximum Gasteiger partial charge on any atom is 0.425 e. The van der Waals surface area contributed by atoms with Gasteiger partial charge in [0.2, 0.25) is 5.60 Å². The van der Waals surface area contributed by atoms with E-state index in [2.05, 4.69) is 0 Å². The van der Waals surface area contributed by atoms with Gasteiger partial charge in [0.05, 0.1) is 6.61 Å². The highest BCUT2D eigenvalue weighted by Gasteiger charge is 2.57. The van der Waals surface area contributed by atoms with E-state index in [-0.39, 0.29) is 22.2 Å². The molecule has 1 aromatic rings. The zero-order valence-corrected chi connectivity index (χ0v) is 9.90. The van der Waals surface area contributed by atoms with Gasteiger partial charge in [-0.3, -0.25) is 0 Å². The zero-order valence-electron chi connectivity index (χ0n) is 8.39. The molecule has 0 fully saturated rings. The summed E-state index contributed by atoms with van der Waals surface area (Å²) in [6.07, 6.45) is -2.26. The van der Waals surface area contributed by atoms with Gasteiger partial charge in [0, 0.05) is 10.0 Å². The second-order valence-corrected chi connectivity index (χ2v) is 4.48. The summed E-state index contributed by atoms with van der Waals surface area (Å²) in [6.45, 7) is -0.0936. The summed E-state index contributed by atoms with van der Waals surface area (Å²) in [5.74, 6) is 0. The van der Waals surface area contributed by atoms with Gasteiger partial charge in [-0.2, -0.15) is 13.2 Å². The molecule has 0 radical (unpaired) electrons. The van der Waals surface area contributed by atoms with Crippen LogP contribution in [0.5, 0.6) is 0 Å².